The summed E-state index contributed by atoms with van der Waals surface area (Å²) in [6.07, 6.45) is 3.06. The van der Waals surface area contributed by atoms with Crippen LogP contribution >= 0.6 is 24.0 Å². The first-order valence-electron chi connectivity index (χ1n) is 6.97. The Morgan fingerprint density at radius 1 is 1.39 bits per heavy atom. The van der Waals surface area contributed by atoms with Gasteiger partial charge in [0, 0.05) is 26.3 Å². The molecule has 0 bridgehead atoms. The predicted octanol–water partition coefficient (Wildman–Crippen LogP) is 1.98. The van der Waals surface area contributed by atoms with Gasteiger partial charge >= 0.3 is 0 Å². The molecule has 0 atom stereocenters. The van der Waals surface area contributed by atoms with E-state index in [9.17, 15) is 8.42 Å². The molecule has 1 aromatic rings. The summed E-state index contributed by atoms with van der Waals surface area (Å²) in [6, 6.07) is 4.85. The minimum Gasteiger partial charge on any atom is -0.495 e. The van der Waals surface area contributed by atoms with Crippen LogP contribution in [0, 0.1) is 0 Å². The molecule has 2 N–H and O–H groups in total. The summed E-state index contributed by atoms with van der Waals surface area (Å²) in [4.78, 5) is 0.0974. The first-order valence-corrected chi connectivity index (χ1v) is 10.2. The molecule has 0 amide bonds. The van der Waals surface area contributed by atoms with Crippen LogP contribution in [0.5, 0.6) is 5.75 Å². The zero-order chi connectivity index (χ0) is 17.5. The third-order valence-corrected chi connectivity index (χ3v) is 5.77. The molecule has 23 heavy (non-hydrogen) atoms. The average Bonchev–Trinajstić information content (AvgIpc) is 2.51. The Labute approximate surface area is 148 Å². The molecule has 0 aliphatic heterocycles. The minimum absolute atomic E-state index is 0.0974. The summed E-state index contributed by atoms with van der Waals surface area (Å²) in [7, 11) is 0.797. The highest BCUT2D eigenvalue weighted by Crippen LogP contribution is 2.28. The van der Waals surface area contributed by atoms with Gasteiger partial charge in [0.1, 0.15) is 10.6 Å². The Bertz CT molecular complexity index is 633. The van der Waals surface area contributed by atoms with Crippen LogP contribution in [-0.4, -0.2) is 57.6 Å². The topological polar surface area (TPSA) is 70.7 Å². The van der Waals surface area contributed by atoms with Gasteiger partial charge in [0.05, 0.1) is 7.11 Å². The molecule has 1 aromatic carbocycles. The number of thioether (sulfide) groups is 1. The lowest BCUT2D eigenvalue weighted by molar-refractivity contribution is 0.400. The SMILES string of the molecule is COc1ccc(NC(=S)NCCCSC)cc1S(=O)(=O)N(C)C. The lowest BCUT2D eigenvalue weighted by atomic mass is 10.3. The van der Waals surface area contributed by atoms with Gasteiger partial charge < -0.3 is 15.4 Å². The molecule has 0 heterocycles. The van der Waals surface area contributed by atoms with Gasteiger partial charge in [0.25, 0.3) is 0 Å². The number of methoxy groups -OCH3 is 1. The van der Waals surface area contributed by atoms with Crippen LogP contribution in [-0.2, 0) is 10.0 Å². The number of rotatable bonds is 8. The van der Waals surface area contributed by atoms with Gasteiger partial charge in [-0.25, -0.2) is 12.7 Å². The van der Waals surface area contributed by atoms with E-state index in [1.807, 2.05) is 0 Å². The number of hydrogen-bond donors (Lipinski definition) is 2. The summed E-state index contributed by atoms with van der Waals surface area (Å²) in [5.41, 5.74) is 0.591. The molecule has 0 saturated heterocycles. The molecule has 0 aromatic heterocycles. The van der Waals surface area contributed by atoms with Crippen LogP contribution < -0.4 is 15.4 Å². The summed E-state index contributed by atoms with van der Waals surface area (Å²) in [6.45, 7) is 0.770. The highest BCUT2D eigenvalue weighted by Gasteiger charge is 2.22. The lowest BCUT2D eigenvalue weighted by Gasteiger charge is -2.16. The second-order valence-corrected chi connectivity index (χ2v) is 8.39. The van der Waals surface area contributed by atoms with Crippen molar-refractivity contribution in [1.82, 2.24) is 9.62 Å². The van der Waals surface area contributed by atoms with E-state index >= 15 is 0 Å². The van der Waals surface area contributed by atoms with Gasteiger partial charge in [-0.15, -0.1) is 0 Å². The molecular formula is C14H23N3O3S3. The van der Waals surface area contributed by atoms with Crippen LogP contribution in [0.1, 0.15) is 6.42 Å². The first-order chi connectivity index (χ1) is 10.8. The molecule has 0 fully saturated rings. The number of thiocarbonyl (C=S) groups is 1. The monoisotopic (exact) mass is 377 g/mol. The Balaban J connectivity index is 2.88. The molecule has 0 spiro atoms. The van der Waals surface area contributed by atoms with E-state index in [1.54, 1.807) is 23.9 Å². The maximum absolute atomic E-state index is 12.4. The molecule has 0 aliphatic rings. The second kappa shape index (κ2) is 9.31. The summed E-state index contributed by atoms with van der Waals surface area (Å²) < 4.78 is 31.0. The van der Waals surface area contributed by atoms with Crippen LogP contribution in [0.3, 0.4) is 0 Å². The zero-order valence-corrected chi connectivity index (χ0v) is 16.2. The van der Waals surface area contributed by atoms with Crippen LogP contribution in [0.25, 0.3) is 0 Å². The van der Waals surface area contributed by atoms with E-state index < -0.39 is 10.0 Å². The Morgan fingerprint density at radius 3 is 2.65 bits per heavy atom. The summed E-state index contributed by atoms with van der Waals surface area (Å²) >= 11 is 6.99. The number of ether oxygens (including phenoxy) is 1. The fourth-order valence-electron chi connectivity index (χ4n) is 1.75. The van der Waals surface area contributed by atoms with Crippen molar-refractivity contribution in [3.63, 3.8) is 0 Å². The minimum atomic E-state index is -3.60. The van der Waals surface area contributed by atoms with Crippen molar-refractivity contribution in [2.75, 3.05) is 45.1 Å². The van der Waals surface area contributed by atoms with Crippen molar-refractivity contribution < 1.29 is 13.2 Å². The van der Waals surface area contributed by atoms with Crippen LogP contribution in [0.15, 0.2) is 23.1 Å². The van der Waals surface area contributed by atoms with Crippen molar-refractivity contribution in [3.8, 4) is 5.75 Å². The van der Waals surface area contributed by atoms with E-state index in [-0.39, 0.29) is 4.90 Å². The van der Waals surface area contributed by atoms with Gasteiger partial charge in [-0.2, -0.15) is 11.8 Å². The van der Waals surface area contributed by atoms with Crippen molar-refractivity contribution in [2.45, 2.75) is 11.3 Å². The quantitative estimate of drug-likeness (QED) is 0.530. The Morgan fingerprint density at radius 2 is 2.09 bits per heavy atom. The van der Waals surface area contributed by atoms with E-state index in [0.717, 1.165) is 23.0 Å². The van der Waals surface area contributed by atoms with Crippen molar-refractivity contribution in [1.29, 1.82) is 0 Å². The van der Waals surface area contributed by atoms with Crippen LogP contribution in [0.2, 0.25) is 0 Å². The first kappa shape index (κ1) is 20.0. The molecule has 0 aliphatic carbocycles. The third kappa shape index (κ3) is 5.83. The number of sulfonamides is 1. The number of hydrogen-bond acceptors (Lipinski definition) is 5. The summed E-state index contributed by atoms with van der Waals surface area (Å²) in [5.74, 6) is 1.35. The fourth-order valence-corrected chi connectivity index (χ4v) is 3.47. The second-order valence-electron chi connectivity index (χ2n) is 4.88. The van der Waals surface area contributed by atoms with Gasteiger partial charge in [0.2, 0.25) is 10.0 Å². The number of nitrogens with zero attached hydrogens (tertiary/aromatic N) is 1. The van der Waals surface area contributed by atoms with E-state index in [4.69, 9.17) is 17.0 Å². The Hall–Kier alpha value is -1.03. The third-order valence-electron chi connectivity index (χ3n) is 2.99. The average molecular weight is 378 g/mol. The number of benzene rings is 1. The summed E-state index contributed by atoms with van der Waals surface area (Å²) in [5, 5.41) is 6.55. The van der Waals surface area contributed by atoms with E-state index in [0.29, 0.717) is 16.5 Å². The molecule has 1 rings (SSSR count). The maximum atomic E-state index is 12.4. The molecule has 130 valence electrons. The predicted molar refractivity (Wildman–Crippen MR) is 101 cm³/mol. The Kier molecular flexibility index (Phi) is 8.10. The van der Waals surface area contributed by atoms with Gasteiger partial charge in [-0.05, 0) is 48.8 Å². The molecule has 6 nitrogen and oxygen atoms in total. The highest BCUT2D eigenvalue weighted by atomic mass is 32.2. The highest BCUT2D eigenvalue weighted by molar-refractivity contribution is 7.98. The van der Waals surface area contributed by atoms with Crippen molar-refractivity contribution in [2.24, 2.45) is 0 Å². The molecule has 0 radical (unpaired) electrons. The van der Waals surface area contributed by atoms with E-state index in [1.165, 1.54) is 27.3 Å². The lowest BCUT2D eigenvalue weighted by Crippen LogP contribution is -2.29. The van der Waals surface area contributed by atoms with Gasteiger partial charge in [0.15, 0.2) is 5.11 Å². The zero-order valence-electron chi connectivity index (χ0n) is 13.8. The van der Waals surface area contributed by atoms with Gasteiger partial charge in [-0.3, -0.25) is 0 Å². The molecular weight excluding hydrogens is 354 g/mol. The number of nitrogens with one attached hydrogen (secondary N) is 2. The maximum Gasteiger partial charge on any atom is 0.246 e. The standard InChI is InChI=1S/C14H23N3O3S3/c1-17(2)23(18,19)13-10-11(6-7-12(13)20-3)16-14(21)15-8-5-9-22-4/h6-7,10H,5,8-9H2,1-4H3,(H2,15,16,21). The fraction of sp³-hybridized carbons (Fsp3) is 0.500. The number of anilines is 1. The molecule has 0 unspecified atom stereocenters. The van der Waals surface area contributed by atoms with Gasteiger partial charge in [-0.1, -0.05) is 0 Å². The molecule has 0 saturated carbocycles. The van der Waals surface area contributed by atoms with E-state index in [2.05, 4.69) is 16.9 Å². The smallest absolute Gasteiger partial charge is 0.246 e. The van der Waals surface area contributed by atoms with Crippen molar-refractivity contribution in [3.05, 3.63) is 18.2 Å². The molecule has 9 heteroatoms. The normalized spacial score (nSPS) is 11.3. The largest absolute Gasteiger partial charge is 0.495 e. The van der Waals surface area contributed by atoms with Crippen LogP contribution in [0.4, 0.5) is 5.69 Å². The van der Waals surface area contributed by atoms with Crippen molar-refractivity contribution >= 4 is 44.8 Å².